The highest BCUT2D eigenvalue weighted by Gasteiger charge is 2.20. The maximum atomic E-state index is 13.9. The smallest absolute Gasteiger partial charge is 0.267 e. The second-order valence-electron chi connectivity index (χ2n) is 7.87. The molecule has 0 atom stereocenters. The Labute approximate surface area is 194 Å². The summed E-state index contributed by atoms with van der Waals surface area (Å²) >= 11 is 0. The van der Waals surface area contributed by atoms with Crippen molar-refractivity contribution in [3.63, 3.8) is 0 Å². The van der Waals surface area contributed by atoms with E-state index < -0.39 is 0 Å². The number of nitrogens with zero attached hydrogens (tertiary/aromatic N) is 4. The van der Waals surface area contributed by atoms with E-state index in [0.717, 1.165) is 0 Å². The first kappa shape index (κ1) is 19.8. The van der Waals surface area contributed by atoms with Gasteiger partial charge in [-0.05, 0) is 24.3 Å². The largest absolute Gasteiger partial charge is 0.281 e. The van der Waals surface area contributed by atoms with Gasteiger partial charge in [0.15, 0.2) is 11.6 Å². The lowest BCUT2D eigenvalue weighted by molar-refractivity contribution is 0.610. The Balaban J connectivity index is 1.84. The summed E-state index contributed by atoms with van der Waals surface area (Å²) in [7, 11) is 0. The van der Waals surface area contributed by atoms with Crippen LogP contribution in [0, 0.1) is 0 Å². The van der Waals surface area contributed by atoms with Gasteiger partial charge in [-0.25, -0.2) is 9.97 Å². The fraction of sp³-hybridized carbons (Fsp3) is 0. The summed E-state index contributed by atoms with van der Waals surface area (Å²) < 4.78 is 2.70. The maximum Gasteiger partial charge on any atom is 0.281 e. The third-order valence-electron chi connectivity index (χ3n) is 5.77. The van der Waals surface area contributed by atoms with Crippen LogP contribution in [0.5, 0.6) is 0 Å². The van der Waals surface area contributed by atoms with Crippen LogP contribution in [0.4, 0.5) is 0 Å². The lowest BCUT2D eigenvalue weighted by Gasteiger charge is -2.19. The topological polar surface area (TPSA) is 69.8 Å². The molecule has 6 heteroatoms. The highest BCUT2D eigenvalue weighted by atomic mass is 16.2. The van der Waals surface area contributed by atoms with Crippen LogP contribution in [0.1, 0.15) is 0 Å². The first-order chi connectivity index (χ1) is 16.7. The predicted molar refractivity (Wildman–Crippen MR) is 134 cm³/mol. The number of rotatable bonds is 3. The Kier molecular flexibility index (Phi) is 4.63. The Morgan fingerprint density at radius 3 is 1.21 bits per heavy atom. The number of aromatic nitrogens is 4. The molecule has 0 spiro atoms. The third kappa shape index (κ3) is 3.12. The fourth-order valence-corrected chi connectivity index (χ4v) is 4.17. The molecule has 2 heterocycles. The molecule has 0 fully saturated rings. The summed E-state index contributed by atoms with van der Waals surface area (Å²) in [5.41, 5.74) is 1.85. The zero-order valence-electron chi connectivity index (χ0n) is 18.0. The van der Waals surface area contributed by atoms with Gasteiger partial charge in [0.25, 0.3) is 11.1 Å². The van der Waals surface area contributed by atoms with Gasteiger partial charge in [0.05, 0.1) is 21.8 Å². The van der Waals surface area contributed by atoms with E-state index in [0.29, 0.717) is 44.6 Å². The van der Waals surface area contributed by atoms with E-state index in [2.05, 4.69) is 0 Å². The molecule has 0 aliphatic rings. The number of hydrogen-bond acceptors (Lipinski definition) is 4. The Morgan fingerprint density at radius 2 is 0.794 bits per heavy atom. The van der Waals surface area contributed by atoms with Gasteiger partial charge in [0, 0.05) is 11.1 Å². The molecule has 0 radical (unpaired) electrons. The molecule has 0 aliphatic carbocycles. The highest BCUT2D eigenvalue weighted by Crippen LogP contribution is 2.23. The second-order valence-corrected chi connectivity index (χ2v) is 7.87. The van der Waals surface area contributed by atoms with Gasteiger partial charge in [-0.2, -0.15) is 9.35 Å². The molecule has 34 heavy (non-hydrogen) atoms. The monoisotopic (exact) mass is 442 g/mol. The summed E-state index contributed by atoms with van der Waals surface area (Å²) in [5, 5.41) is 0.836. The van der Waals surface area contributed by atoms with E-state index in [-0.39, 0.29) is 11.1 Å². The molecule has 0 aliphatic heterocycles. The summed E-state index contributed by atoms with van der Waals surface area (Å²) in [6, 6.07) is 33.1. The number of hydrogen-bond donors (Lipinski definition) is 0. The van der Waals surface area contributed by atoms with Crippen LogP contribution >= 0.6 is 0 Å². The highest BCUT2D eigenvalue weighted by molar-refractivity contribution is 5.81. The summed E-state index contributed by atoms with van der Waals surface area (Å²) in [5.74, 6) is 0.723. The molecule has 6 aromatic rings. The minimum Gasteiger partial charge on any atom is -0.267 e. The van der Waals surface area contributed by atoms with Gasteiger partial charge in [0.1, 0.15) is 0 Å². The van der Waals surface area contributed by atoms with Gasteiger partial charge in [-0.3, -0.25) is 9.59 Å². The second kappa shape index (κ2) is 7.94. The molecule has 0 unspecified atom stereocenters. The lowest BCUT2D eigenvalue weighted by Crippen LogP contribution is -2.38. The van der Waals surface area contributed by atoms with Crippen molar-refractivity contribution < 1.29 is 0 Å². The van der Waals surface area contributed by atoms with E-state index in [1.165, 1.54) is 9.35 Å². The Hall–Kier alpha value is -4.84. The molecule has 0 bridgehead atoms. The van der Waals surface area contributed by atoms with Crippen molar-refractivity contribution in [3.05, 3.63) is 130 Å². The average Bonchev–Trinajstić information content (AvgIpc) is 2.90. The zero-order chi connectivity index (χ0) is 23.1. The van der Waals surface area contributed by atoms with Gasteiger partial charge in [0.2, 0.25) is 0 Å². The van der Waals surface area contributed by atoms with Crippen LogP contribution in [0.25, 0.3) is 44.6 Å². The molecule has 6 nitrogen and oxygen atoms in total. The van der Waals surface area contributed by atoms with E-state index >= 15 is 0 Å². The molecule has 0 saturated carbocycles. The Morgan fingerprint density at radius 1 is 0.441 bits per heavy atom. The van der Waals surface area contributed by atoms with Gasteiger partial charge >= 0.3 is 0 Å². The Bertz CT molecular complexity index is 1650. The first-order valence-electron chi connectivity index (χ1n) is 10.9. The van der Waals surface area contributed by atoms with E-state index in [9.17, 15) is 9.59 Å². The van der Waals surface area contributed by atoms with Crippen LogP contribution < -0.4 is 11.1 Å². The van der Waals surface area contributed by atoms with E-state index in [1.54, 1.807) is 36.4 Å². The molecule has 6 rings (SSSR count). The zero-order valence-corrected chi connectivity index (χ0v) is 18.0. The van der Waals surface area contributed by atoms with Crippen molar-refractivity contribution >= 4 is 21.8 Å². The van der Waals surface area contributed by atoms with Crippen molar-refractivity contribution in [2.75, 3.05) is 0 Å². The number of para-hydroxylation sites is 2. The summed E-state index contributed by atoms with van der Waals surface area (Å²) in [6.45, 7) is 0. The average molecular weight is 442 g/mol. The number of benzene rings is 4. The molecule has 162 valence electrons. The van der Waals surface area contributed by atoms with E-state index in [4.69, 9.17) is 9.97 Å². The summed E-state index contributed by atoms with van der Waals surface area (Å²) in [6.07, 6.45) is 0. The van der Waals surface area contributed by atoms with Crippen LogP contribution in [0.2, 0.25) is 0 Å². The van der Waals surface area contributed by atoms with E-state index in [1.807, 2.05) is 72.8 Å². The van der Waals surface area contributed by atoms with Gasteiger partial charge in [-0.15, -0.1) is 0 Å². The summed E-state index contributed by atoms with van der Waals surface area (Å²) in [4.78, 5) is 37.5. The molecular weight excluding hydrogens is 424 g/mol. The lowest BCUT2D eigenvalue weighted by atomic mass is 10.1. The standard InChI is InChI=1S/C28H18N4O2/c33-27-21-15-7-9-17-23(21)29-25(19-11-3-1-4-12-19)31(27)32-26(20-13-5-2-6-14-20)30-24-18-10-8-16-22(24)28(32)34/h1-18H. The quantitative estimate of drug-likeness (QED) is 0.397. The SMILES string of the molecule is O=c1c2ccccc2nc(-c2ccccc2)n1-n1c(-c2ccccc2)nc2ccccc2c1=O. The van der Waals surface area contributed by atoms with Crippen LogP contribution in [-0.4, -0.2) is 19.3 Å². The first-order valence-corrected chi connectivity index (χ1v) is 10.9. The maximum absolute atomic E-state index is 13.9. The van der Waals surface area contributed by atoms with Gasteiger partial charge < -0.3 is 0 Å². The molecular formula is C28H18N4O2. The van der Waals surface area contributed by atoms with Crippen LogP contribution in [-0.2, 0) is 0 Å². The fourth-order valence-electron chi connectivity index (χ4n) is 4.17. The normalized spacial score (nSPS) is 11.2. The third-order valence-corrected chi connectivity index (χ3v) is 5.77. The van der Waals surface area contributed by atoms with Crippen LogP contribution in [0.15, 0.2) is 119 Å². The molecule has 0 saturated heterocycles. The van der Waals surface area contributed by atoms with Crippen molar-refractivity contribution in [3.8, 4) is 22.8 Å². The molecule has 4 aromatic carbocycles. The van der Waals surface area contributed by atoms with Gasteiger partial charge in [-0.1, -0.05) is 84.9 Å². The van der Waals surface area contributed by atoms with Crippen molar-refractivity contribution in [2.24, 2.45) is 0 Å². The van der Waals surface area contributed by atoms with Crippen molar-refractivity contribution in [2.45, 2.75) is 0 Å². The number of fused-ring (bicyclic) bond motifs is 2. The van der Waals surface area contributed by atoms with Crippen LogP contribution in [0.3, 0.4) is 0 Å². The molecule has 0 amide bonds. The van der Waals surface area contributed by atoms with Crippen molar-refractivity contribution in [1.29, 1.82) is 0 Å². The molecule has 2 aromatic heterocycles. The molecule has 0 N–H and O–H groups in total. The minimum absolute atomic E-state index is 0.346. The minimum atomic E-state index is -0.346. The predicted octanol–water partition coefficient (Wildman–Crippen LogP) is 4.75. The van der Waals surface area contributed by atoms with Crippen molar-refractivity contribution in [1.82, 2.24) is 19.3 Å².